The lowest BCUT2D eigenvalue weighted by atomic mass is 9.98. The van der Waals surface area contributed by atoms with E-state index < -0.39 is 0 Å². The van der Waals surface area contributed by atoms with Crippen molar-refractivity contribution in [3.05, 3.63) is 175 Å². The summed E-state index contributed by atoms with van der Waals surface area (Å²) in [5.41, 5.74) is 10.4. The van der Waals surface area contributed by atoms with Gasteiger partial charge in [0, 0.05) is 59.8 Å². The molecule has 7 heteroatoms. The molecule has 13 rings (SSSR count). The number of para-hydroxylation sites is 4. The summed E-state index contributed by atoms with van der Waals surface area (Å²) < 4.78 is 11.6. The van der Waals surface area contributed by atoms with Gasteiger partial charge in [0.15, 0.2) is 23.1 Å². The fourth-order valence-corrected chi connectivity index (χ4v) is 9.44. The maximum absolute atomic E-state index is 11.2. The molecule has 8 aromatic carbocycles. The molecule has 0 aliphatic rings. The number of hydrogen-bond acceptors (Lipinski definition) is 5. The Balaban J connectivity index is 1.17. The molecule has 5 heterocycles. The molecule has 0 bridgehead atoms. The van der Waals surface area contributed by atoms with E-state index >= 15 is 0 Å². The first-order valence-corrected chi connectivity index (χ1v) is 19.6. The molecule has 7 nitrogen and oxygen atoms in total. The van der Waals surface area contributed by atoms with Crippen LogP contribution in [-0.4, -0.2) is 23.9 Å². The number of furan rings is 1. The Morgan fingerprint density at radius 2 is 1.02 bits per heavy atom. The normalized spacial score (nSPS) is 12.1. The molecule has 59 heavy (non-hydrogen) atoms. The summed E-state index contributed by atoms with van der Waals surface area (Å²) in [6.07, 6.45) is 0. The lowest BCUT2D eigenvalue weighted by Crippen LogP contribution is -2.03. The Kier molecular flexibility index (Phi) is 6.38. The van der Waals surface area contributed by atoms with E-state index in [1.54, 1.807) is 0 Å². The zero-order valence-electron chi connectivity index (χ0n) is 31.3. The Bertz CT molecular complexity index is 3850. The minimum absolute atomic E-state index is 0.402. The fraction of sp³-hybridized carbons (Fsp3) is 0. The first-order valence-electron chi connectivity index (χ1n) is 19.6. The van der Waals surface area contributed by atoms with E-state index in [1.807, 2.05) is 91.0 Å². The predicted molar refractivity (Wildman–Crippen MR) is 237 cm³/mol. The molecular weight excluding hydrogens is 725 g/mol. The first-order chi connectivity index (χ1) is 29.2. The minimum Gasteiger partial charge on any atom is -0.454 e. The van der Waals surface area contributed by atoms with Gasteiger partial charge in [-0.05, 0) is 36.4 Å². The average Bonchev–Trinajstić information content (AvgIpc) is 4.04. The monoisotopic (exact) mass is 752 g/mol. The number of hydrogen-bond donors (Lipinski definition) is 0. The van der Waals surface area contributed by atoms with E-state index in [1.165, 1.54) is 32.6 Å². The van der Waals surface area contributed by atoms with Crippen LogP contribution in [0.4, 0.5) is 0 Å². The van der Waals surface area contributed by atoms with Crippen molar-refractivity contribution in [1.82, 2.24) is 23.9 Å². The van der Waals surface area contributed by atoms with Crippen LogP contribution >= 0.6 is 0 Å². The highest BCUT2D eigenvalue weighted by Crippen LogP contribution is 2.46. The summed E-state index contributed by atoms with van der Waals surface area (Å²) in [5.74, 6) is 1.44. The van der Waals surface area contributed by atoms with Gasteiger partial charge >= 0.3 is 0 Å². The highest BCUT2D eigenvalue weighted by Gasteiger charge is 2.27. The summed E-state index contributed by atoms with van der Waals surface area (Å²) in [7, 11) is 0. The molecule has 0 aliphatic carbocycles. The lowest BCUT2D eigenvalue weighted by Gasteiger charge is -2.14. The van der Waals surface area contributed by atoms with Crippen LogP contribution in [0.15, 0.2) is 174 Å². The minimum atomic E-state index is 0.402. The Morgan fingerprint density at radius 1 is 0.458 bits per heavy atom. The molecule has 0 amide bonds. The highest BCUT2D eigenvalue weighted by molar-refractivity contribution is 6.26. The summed E-state index contributed by atoms with van der Waals surface area (Å²) in [6.45, 7) is 0. The number of nitrogens with zero attached hydrogens (tertiary/aromatic N) is 6. The van der Waals surface area contributed by atoms with Gasteiger partial charge < -0.3 is 13.4 Å². The van der Waals surface area contributed by atoms with Gasteiger partial charge in [0.2, 0.25) is 0 Å². The van der Waals surface area contributed by atoms with E-state index in [0.717, 1.165) is 54.9 Å². The van der Waals surface area contributed by atoms with Gasteiger partial charge in [-0.25, -0.2) is 15.0 Å². The first kappa shape index (κ1) is 31.8. The van der Waals surface area contributed by atoms with E-state index in [9.17, 15) is 5.26 Å². The van der Waals surface area contributed by atoms with E-state index in [4.69, 9.17) is 19.4 Å². The van der Waals surface area contributed by atoms with E-state index in [2.05, 4.69) is 93.9 Å². The molecule has 0 atom stereocenters. The predicted octanol–water partition coefficient (Wildman–Crippen LogP) is 12.9. The van der Waals surface area contributed by atoms with Gasteiger partial charge in [0.25, 0.3) is 0 Å². The third-order valence-electron chi connectivity index (χ3n) is 11.9. The van der Waals surface area contributed by atoms with Crippen molar-refractivity contribution in [2.24, 2.45) is 0 Å². The van der Waals surface area contributed by atoms with E-state index in [0.29, 0.717) is 39.8 Å². The molecule has 272 valence electrons. The zero-order chi connectivity index (χ0) is 38.8. The quantitative estimate of drug-likeness (QED) is 0.179. The average molecular weight is 753 g/mol. The van der Waals surface area contributed by atoms with Crippen LogP contribution in [0, 0.1) is 11.3 Å². The fourth-order valence-electron chi connectivity index (χ4n) is 9.44. The maximum atomic E-state index is 11.2. The van der Waals surface area contributed by atoms with Crippen LogP contribution in [0.25, 0.3) is 122 Å². The van der Waals surface area contributed by atoms with Crippen molar-refractivity contribution in [3.8, 4) is 45.9 Å². The smallest absolute Gasteiger partial charge is 0.166 e. The Hall–Kier alpha value is -8.34. The van der Waals surface area contributed by atoms with Gasteiger partial charge in [0.05, 0.1) is 44.9 Å². The van der Waals surface area contributed by atoms with Crippen LogP contribution in [-0.2, 0) is 0 Å². The summed E-state index contributed by atoms with van der Waals surface area (Å²) in [4.78, 5) is 15.2. The molecule has 0 radical (unpaired) electrons. The van der Waals surface area contributed by atoms with Gasteiger partial charge in [0.1, 0.15) is 5.58 Å². The second kappa shape index (κ2) is 11.8. The molecule has 0 saturated heterocycles. The molecule has 0 spiro atoms. The number of benzene rings is 8. The standard InChI is InChI=1S/C52H28N6O/c53-29-32-26-44(57-40-23-10-8-19-34(40)38-27-39-36-22-13-21-35-33-18-7-11-24-41(33)58(48(35)36)43(39)28-42(38)57)49-47(37-20-9-12-25-45(37)59-49)46(32)52-55-50(30-14-3-1-4-15-30)54-51(56-52)31-16-5-2-6-17-31/h1-28H. The molecule has 0 unspecified atom stereocenters. The summed E-state index contributed by atoms with van der Waals surface area (Å²) >= 11 is 0. The molecular formula is C52H28N6O. The van der Waals surface area contributed by atoms with Crippen LogP contribution in [0.3, 0.4) is 0 Å². The van der Waals surface area contributed by atoms with Crippen molar-refractivity contribution in [2.75, 3.05) is 0 Å². The van der Waals surface area contributed by atoms with Crippen molar-refractivity contribution in [1.29, 1.82) is 5.26 Å². The molecule has 0 saturated carbocycles. The zero-order valence-corrected chi connectivity index (χ0v) is 31.3. The van der Waals surface area contributed by atoms with Crippen molar-refractivity contribution >= 4 is 81.8 Å². The number of rotatable bonds is 4. The molecule has 13 aromatic rings. The second-order valence-corrected chi connectivity index (χ2v) is 15.1. The molecule has 0 aliphatic heterocycles. The van der Waals surface area contributed by atoms with Gasteiger partial charge in [-0.15, -0.1) is 0 Å². The molecule has 0 N–H and O–H groups in total. The highest BCUT2D eigenvalue weighted by atomic mass is 16.3. The maximum Gasteiger partial charge on any atom is 0.166 e. The van der Waals surface area contributed by atoms with Crippen LogP contribution in [0.1, 0.15) is 5.56 Å². The van der Waals surface area contributed by atoms with Crippen molar-refractivity contribution < 1.29 is 4.42 Å². The second-order valence-electron chi connectivity index (χ2n) is 15.1. The number of nitriles is 1. The van der Waals surface area contributed by atoms with Gasteiger partial charge in [-0.2, -0.15) is 5.26 Å². The van der Waals surface area contributed by atoms with Crippen molar-refractivity contribution in [3.63, 3.8) is 0 Å². The Labute approximate surface area is 335 Å². The van der Waals surface area contributed by atoms with Gasteiger partial charge in [-0.1, -0.05) is 133 Å². The molecule has 5 aromatic heterocycles. The SMILES string of the molecule is N#Cc1cc(-n2c3ccccc3c3cc4c5cccc6c7ccccc7n(c4cc32)c65)c2oc3ccccc3c2c1-c1nc(-c2ccccc2)nc(-c2ccccc2)n1. The largest absolute Gasteiger partial charge is 0.454 e. The summed E-state index contributed by atoms with van der Waals surface area (Å²) in [5, 5.41) is 20.0. The van der Waals surface area contributed by atoms with Crippen molar-refractivity contribution in [2.45, 2.75) is 0 Å². The van der Waals surface area contributed by atoms with Crippen LogP contribution < -0.4 is 0 Å². The van der Waals surface area contributed by atoms with E-state index in [-0.39, 0.29) is 0 Å². The number of aromatic nitrogens is 5. The van der Waals surface area contributed by atoms with Gasteiger partial charge in [-0.3, -0.25) is 0 Å². The van der Waals surface area contributed by atoms with Crippen LogP contribution in [0.2, 0.25) is 0 Å². The third-order valence-corrected chi connectivity index (χ3v) is 11.9. The number of fused-ring (bicyclic) bond motifs is 12. The lowest BCUT2D eigenvalue weighted by molar-refractivity contribution is 0.666. The topological polar surface area (TPSA) is 84.9 Å². The third kappa shape index (κ3) is 4.37. The Morgan fingerprint density at radius 3 is 1.73 bits per heavy atom. The molecule has 0 fully saturated rings. The van der Waals surface area contributed by atoms with Crippen LogP contribution in [0.5, 0.6) is 0 Å². The summed E-state index contributed by atoms with van der Waals surface area (Å²) in [6, 6.07) is 60.7.